The molecule has 0 amide bonds. The molecule has 5 heteroatoms. The van der Waals surface area contributed by atoms with Gasteiger partial charge in [-0.05, 0) is 24.3 Å². The minimum atomic E-state index is 0.486. The number of hydrogen-bond donors (Lipinski definition) is 2. The highest BCUT2D eigenvalue weighted by molar-refractivity contribution is 5.18. The van der Waals surface area contributed by atoms with Crippen molar-refractivity contribution in [2.45, 2.75) is 33.7 Å². The molecule has 1 aliphatic rings. The first-order chi connectivity index (χ1) is 7.62. The number of nitrogens with one attached hydrogen (secondary N) is 2. The molecule has 1 saturated carbocycles. The Morgan fingerprint density at radius 1 is 1.44 bits per heavy atom. The van der Waals surface area contributed by atoms with Crippen LogP contribution in [0.5, 0.6) is 0 Å². The van der Waals surface area contributed by atoms with Crippen molar-refractivity contribution in [2.75, 3.05) is 18.4 Å². The molecule has 2 rings (SSSR count). The lowest BCUT2D eigenvalue weighted by molar-refractivity contribution is 0.478. The summed E-state index contributed by atoms with van der Waals surface area (Å²) in [5.74, 6) is 1.37. The van der Waals surface area contributed by atoms with Gasteiger partial charge in [-0.15, -0.1) is 5.10 Å². The Morgan fingerprint density at radius 3 is 2.81 bits per heavy atom. The quantitative estimate of drug-likeness (QED) is 0.769. The molecule has 16 heavy (non-hydrogen) atoms. The fraction of sp³-hybridized carbons (Fsp3) is 0.818. The van der Waals surface area contributed by atoms with E-state index in [-0.39, 0.29) is 0 Å². The van der Waals surface area contributed by atoms with Crippen molar-refractivity contribution in [3.05, 3.63) is 5.89 Å². The monoisotopic (exact) mass is 224 g/mol. The molecule has 90 valence electrons. The summed E-state index contributed by atoms with van der Waals surface area (Å²) in [5, 5.41) is 14.2. The Morgan fingerprint density at radius 2 is 2.19 bits per heavy atom. The van der Waals surface area contributed by atoms with Gasteiger partial charge < -0.3 is 15.1 Å². The largest absolute Gasteiger partial charge is 0.407 e. The molecular formula is C11H20N4O. The molecule has 2 N–H and O–H groups in total. The first-order valence-corrected chi connectivity index (χ1v) is 5.89. The van der Waals surface area contributed by atoms with E-state index in [4.69, 9.17) is 4.42 Å². The highest BCUT2D eigenvalue weighted by atomic mass is 16.4. The first kappa shape index (κ1) is 11.4. The third kappa shape index (κ3) is 2.72. The van der Waals surface area contributed by atoms with E-state index >= 15 is 0 Å². The fourth-order valence-corrected chi connectivity index (χ4v) is 1.76. The summed E-state index contributed by atoms with van der Waals surface area (Å²) in [6.45, 7) is 9.08. The van der Waals surface area contributed by atoms with Crippen LogP contribution in [-0.4, -0.2) is 23.3 Å². The Bertz CT molecular complexity index is 348. The van der Waals surface area contributed by atoms with Crippen molar-refractivity contribution in [3.8, 4) is 0 Å². The lowest BCUT2D eigenvalue weighted by atomic mass is 10.1. The lowest BCUT2D eigenvalue weighted by Crippen LogP contribution is -2.11. The zero-order chi connectivity index (χ0) is 11.6. The van der Waals surface area contributed by atoms with Crippen LogP contribution in [0.2, 0.25) is 0 Å². The van der Waals surface area contributed by atoms with Gasteiger partial charge in [-0.25, -0.2) is 0 Å². The van der Waals surface area contributed by atoms with Crippen molar-refractivity contribution in [1.82, 2.24) is 15.5 Å². The highest BCUT2D eigenvalue weighted by Gasteiger charge is 2.45. The van der Waals surface area contributed by atoms with Gasteiger partial charge in [0.25, 0.3) is 0 Å². The Balaban J connectivity index is 1.75. The number of anilines is 1. The Hall–Kier alpha value is -1.10. The molecule has 5 nitrogen and oxygen atoms in total. The van der Waals surface area contributed by atoms with Crippen LogP contribution >= 0.6 is 0 Å². The van der Waals surface area contributed by atoms with Crippen LogP contribution in [0.25, 0.3) is 0 Å². The third-order valence-corrected chi connectivity index (χ3v) is 3.21. The van der Waals surface area contributed by atoms with E-state index in [1.807, 2.05) is 6.92 Å². The molecule has 1 unspecified atom stereocenters. The molecule has 1 aromatic heterocycles. The van der Waals surface area contributed by atoms with Gasteiger partial charge in [0.15, 0.2) is 0 Å². The molecule has 1 aliphatic carbocycles. The Kier molecular flexibility index (Phi) is 3.14. The second-order valence-electron chi connectivity index (χ2n) is 5.05. The summed E-state index contributed by atoms with van der Waals surface area (Å²) in [7, 11) is 0. The molecule has 1 heterocycles. The van der Waals surface area contributed by atoms with Gasteiger partial charge >= 0.3 is 6.01 Å². The summed E-state index contributed by atoms with van der Waals surface area (Å²) in [6, 6.07) is 0.538. The van der Waals surface area contributed by atoms with Crippen molar-refractivity contribution in [2.24, 2.45) is 11.3 Å². The fourth-order valence-electron chi connectivity index (χ4n) is 1.76. The molecule has 0 aromatic carbocycles. The van der Waals surface area contributed by atoms with Gasteiger partial charge in [0.05, 0.1) is 6.54 Å². The van der Waals surface area contributed by atoms with E-state index in [0.29, 0.717) is 23.9 Å². The molecule has 0 radical (unpaired) electrons. The van der Waals surface area contributed by atoms with Gasteiger partial charge in [0.2, 0.25) is 5.89 Å². The van der Waals surface area contributed by atoms with Crippen molar-refractivity contribution >= 4 is 6.01 Å². The zero-order valence-corrected chi connectivity index (χ0v) is 10.2. The molecule has 1 fully saturated rings. The maximum atomic E-state index is 5.44. The summed E-state index contributed by atoms with van der Waals surface area (Å²) < 4.78 is 5.44. The van der Waals surface area contributed by atoms with Crippen molar-refractivity contribution in [1.29, 1.82) is 0 Å². The lowest BCUT2D eigenvalue weighted by Gasteiger charge is -2.02. The van der Waals surface area contributed by atoms with Crippen LogP contribution in [0.3, 0.4) is 0 Å². The predicted molar refractivity (Wildman–Crippen MR) is 62.1 cm³/mol. The predicted octanol–water partition coefficient (Wildman–Crippen LogP) is 1.64. The minimum Gasteiger partial charge on any atom is -0.407 e. The second kappa shape index (κ2) is 4.41. The summed E-state index contributed by atoms with van der Waals surface area (Å²) in [4.78, 5) is 0. The maximum absolute atomic E-state index is 5.44. The minimum absolute atomic E-state index is 0.486. The van der Waals surface area contributed by atoms with Gasteiger partial charge in [0.1, 0.15) is 0 Å². The van der Waals surface area contributed by atoms with Gasteiger partial charge in [-0.3, -0.25) is 0 Å². The number of nitrogens with zero attached hydrogens (tertiary/aromatic N) is 2. The van der Waals surface area contributed by atoms with Gasteiger partial charge in [0, 0.05) is 6.54 Å². The smallest absolute Gasteiger partial charge is 0.315 e. The van der Waals surface area contributed by atoms with Crippen LogP contribution in [0.1, 0.15) is 33.1 Å². The van der Waals surface area contributed by atoms with Crippen LogP contribution in [0.15, 0.2) is 4.42 Å². The normalized spacial score (nSPS) is 22.1. The molecule has 1 aromatic rings. The number of hydrogen-bond acceptors (Lipinski definition) is 5. The molecule has 0 bridgehead atoms. The topological polar surface area (TPSA) is 63.0 Å². The summed E-state index contributed by atoms with van der Waals surface area (Å²) >= 11 is 0. The summed E-state index contributed by atoms with van der Waals surface area (Å²) in [5.41, 5.74) is 0.486. The van der Waals surface area contributed by atoms with E-state index in [0.717, 1.165) is 19.0 Å². The van der Waals surface area contributed by atoms with E-state index in [2.05, 4.69) is 34.7 Å². The van der Waals surface area contributed by atoms with Gasteiger partial charge in [-0.1, -0.05) is 25.9 Å². The molecule has 0 aliphatic heterocycles. The van der Waals surface area contributed by atoms with Crippen LogP contribution in [0.4, 0.5) is 6.01 Å². The van der Waals surface area contributed by atoms with Crippen molar-refractivity contribution in [3.63, 3.8) is 0 Å². The highest BCUT2D eigenvalue weighted by Crippen LogP contribution is 2.51. The van der Waals surface area contributed by atoms with E-state index in [1.165, 1.54) is 6.42 Å². The zero-order valence-electron chi connectivity index (χ0n) is 10.2. The maximum Gasteiger partial charge on any atom is 0.315 e. The molecule has 0 spiro atoms. The average molecular weight is 224 g/mol. The summed E-state index contributed by atoms with van der Waals surface area (Å²) in [6.07, 6.45) is 1.28. The van der Waals surface area contributed by atoms with Crippen LogP contribution < -0.4 is 10.6 Å². The van der Waals surface area contributed by atoms with E-state index in [9.17, 15) is 0 Å². The molecular weight excluding hydrogens is 204 g/mol. The molecule has 0 saturated heterocycles. The average Bonchev–Trinajstić information content (AvgIpc) is 2.67. The SMILES string of the molecule is CCNCc1nnc(NCC2CC2(C)C)o1. The van der Waals surface area contributed by atoms with E-state index < -0.39 is 0 Å². The van der Waals surface area contributed by atoms with Crippen molar-refractivity contribution < 1.29 is 4.42 Å². The van der Waals surface area contributed by atoms with Crippen LogP contribution in [0, 0.1) is 11.3 Å². The third-order valence-electron chi connectivity index (χ3n) is 3.21. The Labute approximate surface area is 96.0 Å². The number of rotatable bonds is 6. The van der Waals surface area contributed by atoms with Crippen LogP contribution in [-0.2, 0) is 6.54 Å². The van der Waals surface area contributed by atoms with Gasteiger partial charge in [-0.2, -0.15) is 0 Å². The number of aromatic nitrogens is 2. The second-order valence-corrected chi connectivity index (χ2v) is 5.05. The van der Waals surface area contributed by atoms with E-state index in [1.54, 1.807) is 0 Å². The molecule has 1 atom stereocenters. The first-order valence-electron chi connectivity index (χ1n) is 5.89. The standard InChI is InChI=1S/C11H20N4O/c1-4-12-7-9-14-15-10(16-9)13-6-8-5-11(8,2)3/h8,12H,4-7H2,1-3H3,(H,13,15).